The molecule has 0 heterocycles. The number of carbonyl (C=O) groups excluding carboxylic acids is 2. The van der Waals surface area contributed by atoms with E-state index in [0.29, 0.717) is 19.7 Å². The minimum absolute atomic E-state index is 0.183. The molecular formula is C28H45NO5. The van der Waals surface area contributed by atoms with Crippen LogP contribution in [0.5, 0.6) is 5.75 Å². The van der Waals surface area contributed by atoms with Gasteiger partial charge in [0, 0.05) is 19.2 Å². The van der Waals surface area contributed by atoms with Gasteiger partial charge in [-0.05, 0) is 57.5 Å². The smallest absolute Gasteiger partial charge is 0.330 e. The van der Waals surface area contributed by atoms with E-state index in [2.05, 4.69) is 6.92 Å². The molecule has 0 amide bonds. The van der Waals surface area contributed by atoms with Crippen molar-refractivity contribution in [3.63, 3.8) is 0 Å². The normalized spacial score (nSPS) is 11.7. The molecule has 34 heavy (non-hydrogen) atoms. The Balaban J connectivity index is 2.19. The second-order valence-corrected chi connectivity index (χ2v) is 9.36. The third-order valence-corrected chi connectivity index (χ3v) is 5.92. The quantitative estimate of drug-likeness (QED) is 0.150. The van der Waals surface area contributed by atoms with Gasteiger partial charge in [-0.15, -0.1) is 0 Å². The molecule has 0 radical (unpaired) electrons. The van der Waals surface area contributed by atoms with Crippen LogP contribution in [-0.2, 0) is 19.1 Å². The Labute approximate surface area is 206 Å². The van der Waals surface area contributed by atoms with Crippen molar-refractivity contribution in [1.29, 1.82) is 0 Å². The lowest BCUT2D eigenvalue weighted by molar-refractivity contribution is -0.154. The second kappa shape index (κ2) is 17.1. The molecule has 0 aliphatic heterocycles. The van der Waals surface area contributed by atoms with Gasteiger partial charge in [0.15, 0.2) is 0 Å². The molecular weight excluding hydrogens is 430 g/mol. The van der Waals surface area contributed by atoms with Gasteiger partial charge in [0.05, 0.1) is 12.0 Å². The summed E-state index contributed by atoms with van der Waals surface area (Å²) in [5.74, 6) is 0.283. The summed E-state index contributed by atoms with van der Waals surface area (Å²) in [6.45, 7) is 10.5. The van der Waals surface area contributed by atoms with E-state index < -0.39 is 5.41 Å². The average Bonchev–Trinajstić information content (AvgIpc) is 2.82. The maximum Gasteiger partial charge on any atom is 0.330 e. The minimum Gasteiger partial charge on any atom is -0.494 e. The molecule has 0 N–H and O–H groups in total. The van der Waals surface area contributed by atoms with Crippen molar-refractivity contribution >= 4 is 18.0 Å². The zero-order valence-corrected chi connectivity index (χ0v) is 21.9. The third kappa shape index (κ3) is 13.4. The van der Waals surface area contributed by atoms with Gasteiger partial charge in [-0.1, -0.05) is 58.1 Å². The van der Waals surface area contributed by atoms with Crippen LogP contribution in [0.4, 0.5) is 0 Å². The summed E-state index contributed by atoms with van der Waals surface area (Å²) in [4.78, 5) is 25.9. The number of benzene rings is 1. The summed E-state index contributed by atoms with van der Waals surface area (Å²) in [5.41, 5.74) is 0.458. The van der Waals surface area contributed by atoms with Crippen LogP contribution in [0.15, 0.2) is 30.3 Å². The van der Waals surface area contributed by atoms with Gasteiger partial charge in [0.25, 0.3) is 0 Å². The monoisotopic (exact) mass is 475 g/mol. The van der Waals surface area contributed by atoms with Crippen LogP contribution in [-0.4, -0.2) is 56.8 Å². The maximum atomic E-state index is 12.0. The molecule has 0 spiro atoms. The van der Waals surface area contributed by atoms with E-state index in [0.717, 1.165) is 30.8 Å². The first-order valence-corrected chi connectivity index (χ1v) is 12.7. The van der Waals surface area contributed by atoms with E-state index in [4.69, 9.17) is 14.2 Å². The highest BCUT2D eigenvalue weighted by Crippen LogP contribution is 2.21. The number of nitrogens with zero attached hydrogens (tertiary/aromatic N) is 1. The average molecular weight is 476 g/mol. The van der Waals surface area contributed by atoms with E-state index in [-0.39, 0.29) is 18.5 Å². The number of hydrogen-bond donors (Lipinski definition) is 0. The van der Waals surface area contributed by atoms with Crippen LogP contribution in [0.3, 0.4) is 0 Å². The number of hydrogen-bond acceptors (Lipinski definition) is 6. The van der Waals surface area contributed by atoms with Gasteiger partial charge < -0.3 is 14.2 Å². The number of esters is 2. The molecule has 0 unspecified atom stereocenters. The van der Waals surface area contributed by atoms with E-state index in [9.17, 15) is 9.59 Å². The molecule has 0 atom stereocenters. The van der Waals surface area contributed by atoms with Crippen molar-refractivity contribution in [3.05, 3.63) is 35.9 Å². The molecule has 0 bridgehead atoms. The highest BCUT2D eigenvalue weighted by atomic mass is 16.5. The zero-order valence-electron chi connectivity index (χ0n) is 21.9. The van der Waals surface area contributed by atoms with Crippen LogP contribution >= 0.6 is 0 Å². The van der Waals surface area contributed by atoms with Crippen LogP contribution in [0, 0.1) is 5.41 Å². The first kappa shape index (κ1) is 29.7. The SMILES string of the molecule is CCCCCCCCOc1ccc(/C=C/C(=O)OCCN(C)CCOC(=O)C(C)(C)CC)cc1. The number of unbranched alkanes of at least 4 members (excludes halogenated alkanes) is 5. The zero-order chi connectivity index (χ0) is 25.2. The molecule has 192 valence electrons. The van der Waals surface area contributed by atoms with Crippen LogP contribution in [0.25, 0.3) is 6.08 Å². The topological polar surface area (TPSA) is 65.1 Å². The molecule has 0 fully saturated rings. The van der Waals surface area contributed by atoms with E-state index in [1.54, 1.807) is 6.08 Å². The highest BCUT2D eigenvalue weighted by Gasteiger charge is 2.26. The molecule has 0 saturated heterocycles. The molecule has 6 nitrogen and oxygen atoms in total. The number of rotatable bonds is 18. The third-order valence-electron chi connectivity index (χ3n) is 5.92. The Hall–Kier alpha value is -2.34. The fourth-order valence-electron chi connectivity index (χ4n) is 3.01. The number of ether oxygens (including phenoxy) is 3. The lowest BCUT2D eigenvalue weighted by Crippen LogP contribution is -2.31. The van der Waals surface area contributed by atoms with Crippen molar-refractivity contribution in [2.24, 2.45) is 5.41 Å². The fourth-order valence-corrected chi connectivity index (χ4v) is 3.01. The summed E-state index contributed by atoms with van der Waals surface area (Å²) in [6, 6.07) is 7.70. The first-order chi connectivity index (χ1) is 16.3. The summed E-state index contributed by atoms with van der Waals surface area (Å²) in [7, 11) is 1.90. The standard InChI is InChI=1S/C28H45NO5/c1-6-8-9-10-11-12-21-32-25-16-13-24(14-17-25)15-18-26(30)33-22-19-29(5)20-23-34-27(31)28(3,4)7-2/h13-18H,6-12,19-23H2,1-5H3/b18-15+. The van der Waals surface area contributed by atoms with Gasteiger partial charge >= 0.3 is 11.9 Å². The minimum atomic E-state index is -0.457. The second-order valence-electron chi connectivity index (χ2n) is 9.36. The lowest BCUT2D eigenvalue weighted by atomic mass is 9.91. The highest BCUT2D eigenvalue weighted by molar-refractivity contribution is 5.87. The fraction of sp³-hybridized carbons (Fsp3) is 0.643. The molecule has 1 aromatic rings. The van der Waals surface area contributed by atoms with E-state index in [1.165, 1.54) is 38.2 Å². The van der Waals surface area contributed by atoms with E-state index in [1.807, 2.05) is 57.0 Å². The summed E-state index contributed by atoms with van der Waals surface area (Å²) < 4.78 is 16.4. The number of carbonyl (C=O) groups is 2. The van der Waals surface area contributed by atoms with Gasteiger partial charge in [-0.25, -0.2) is 4.79 Å². The number of likely N-dealkylation sites (N-methyl/N-ethyl adjacent to an activating group) is 1. The summed E-state index contributed by atoms with van der Waals surface area (Å²) in [5, 5.41) is 0. The molecule has 6 heteroatoms. The van der Waals surface area contributed by atoms with Crippen LogP contribution < -0.4 is 4.74 Å². The van der Waals surface area contributed by atoms with Gasteiger partial charge in [0.1, 0.15) is 19.0 Å². The molecule has 1 rings (SSSR count). The van der Waals surface area contributed by atoms with Crippen molar-refractivity contribution in [2.75, 3.05) is 40.0 Å². The molecule has 0 aliphatic rings. The van der Waals surface area contributed by atoms with Crippen molar-refractivity contribution < 1.29 is 23.8 Å². The summed E-state index contributed by atoms with van der Waals surface area (Å²) in [6.07, 6.45) is 11.4. The van der Waals surface area contributed by atoms with Gasteiger partial charge in [0.2, 0.25) is 0 Å². The van der Waals surface area contributed by atoms with E-state index >= 15 is 0 Å². The predicted molar refractivity (Wildman–Crippen MR) is 138 cm³/mol. The predicted octanol–water partition coefficient (Wildman–Crippen LogP) is 5.89. The van der Waals surface area contributed by atoms with Crippen molar-refractivity contribution in [2.45, 2.75) is 72.6 Å². The Kier molecular flexibility index (Phi) is 15.0. The van der Waals surface area contributed by atoms with Gasteiger partial charge in [-0.2, -0.15) is 0 Å². The van der Waals surface area contributed by atoms with Crippen LogP contribution in [0.1, 0.15) is 78.2 Å². The van der Waals surface area contributed by atoms with Crippen molar-refractivity contribution in [3.8, 4) is 5.75 Å². The van der Waals surface area contributed by atoms with Gasteiger partial charge in [-0.3, -0.25) is 9.69 Å². The lowest BCUT2D eigenvalue weighted by Gasteiger charge is -2.22. The maximum absolute atomic E-state index is 12.0. The Bertz CT molecular complexity index is 727. The summed E-state index contributed by atoms with van der Waals surface area (Å²) >= 11 is 0. The molecule has 0 aromatic heterocycles. The van der Waals surface area contributed by atoms with Crippen LogP contribution in [0.2, 0.25) is 0 Å². The molecule has 0 aliphatic carbocycles. The molecule has 1 aromatic carbocycles. The van der Waals surface area contributed by atoms with Crippen molar-refractivity contribution in [1.82, 2.24) is 4.90 Å². The molecule has 0 saturated carbocycles. The Morgan fingerprint density at radius 2 is 1.50 bits per heavy atom. The Morgan fingerprint density at radius 1 is 0.882 bits per heavy atom. The largest absolute Gasteiger partial charge is 0.494 e. The first-order valence-electron chi connectivity index (χ1n) is 12.7. The Morgan fingerprint density at radius 3 is 2.15 bits per heavy atom.